The maximum absolute atomic E-state index is 11.9. The Kier molecular flexibility index (Phi) is 5.84. The van der Waals surface area contributed by atoms with Gasteiger partial charge in [-0.05, 0) is 18.6 Å². The van der Waals surface area contributed by atoms with Crippen molar-refractivity contribution in [3.05, 3.63) is 30.1 Å². The molecular weight excluding hydrogens is 232 g/mol. The summed E-state index contributed by atoms with van der Waals surface area (Å²) in [7, 11) is 1.32. The van der Waals surface area contributed by atoms with Gasteiger partial charge in [0.15, 0.2) is 0 Å². The van der Waals surface area contributed by atoms with Crippen LogP contribution < -0.4 is 5.32 Å². The highest BCUT2D eigenvalue weighted by atomic mass is 16.5. The molecule has 0 unspecified atom stereocenters. The van der Waals surface area contributed by atoms with E-state index in [1.807, 2.05) is 6.92 Å². The third-order valence-electron chi connectivity index (χ3n) is 2.58. The first kappa shape index (κ1) is 14.2. The fourth-order valence-electron chi connectivity index (χ4n) is 1.54. The number of aromatic nitrogens is 1. The van der Waals surface area contributed by atoms with Crippen molar-refractivity contribution in [2.45, 2.75) is 32.2 Å². The molecule has 0 radical (unpaired) electrons. The maximum atomic E-state index is 11.9. The molecule has 0 aromatic carbocycles. The quantitative estimate of drug-likeness (QED) is 0.778. The summed E-state index contributed by atoms with van der Waals surface area (Å²) in [6, 6.07) is 2.61. The second-order valence-corrected chi connectivity index (χ2v) is 3.93. The Bertz CT molecular complexity index is 392. The van der Waals surface area contributed by atoms with Crippen LogP contribution in [0, 0.1) is 0 Å². The molecule has 5 heteroatoms. The number of rotatable bonds is 6. The summed E-state index contributed by atoms with van der Waals surface area (Å²) in [6.07, 6.45) is 5.47. The monoisotopic (exact) mass is 250 g/mol. The summed E-state index contributed by atoms with van der Waals surface area (Å²) in [5, 5.41) is 2.68. The van der Waals surface area contributed by atoms with Gasteiger partial charge in [0.1, 0.15) is 6.04 Å². The van der Waals surface area contributed by atoms with Crippen molar-refractivity contribution < 1.29 is 14.3 Å². The van der Waals surface area contributed by atoms with Crippen LogP contribution in [0.5, 0.6) is 0 Å². The fraction of sp³-hybridized carbons (Fsp3) is 0.462. The van der Waals surface area contributed by atoms with Crippen LogP contribution in [0.15, 0.2) is 24.5 Å². The SMILES string of the molecule is CCCC[C@@H](NC(=O)c1ccncc1)C(=O)OC. The highest BCUT2D eigenvalue weighted by Gasteiger charge is 2.21. The van der Waals surface area contributed by atoms with Crippen LogP contribution in [0.2, 0.25) is 0 Å². The number of carbonyl (C=O) groups excluding carboxylic acids is 2. The second-order valence-electron chi connectivity index (χ2n) is 3.93. The molecule has 1 atom stereocenters. The first-order chi connectivity index (χ1) is 8.69. The molecule has 0 aliphatic carbocycles. The molecule has 1 heterocycles. The number of hydrogen-bond donors (Lipinski definition) is 1. The standard InChI is InChI=1S/C13H18N2O3/c1-3-4-5-11(13(17)18-2)15-12(16)10-6-8-14-9-7-10/h6-9,11H,3-5H2,1-2H3,(H,15,16)/t11-/m1/s1. The molecule has 98 valence electrons. The van der Waals surface area contributed by atoms with E-state index < -0.39 is 12.0 Å². The number of carbonyl (C=O) groups is 2. The van der Waals surface area contributed by atoms with Crippen molar-refractivity contribution in [1.82, 2.24) is 10.3 Å². The van der Waals surface area contributed by atoms with Gasteiger partial charge in [-0.1, -0.05) is 19.8 Å². The Hall–Kier alpha value is -1.91. The molecule has 1 aromatic rings. The van der Waals surface area contributed by atoms with E-state index in [9.17, 15) is 9.59 Å². The van der Waals surface area contributed by atoms with Gasteiger partial charge in [0.25, 0.3) is 5.91 Å². The van der Waals surface area contributed by atoms with Crippen LogP contribution >= 0.6 is 0 Å². The summed E-state index contributed by atoms with van der Waals surface area (Å²) in [5.74, 6) is -0.699. The van der Waals surface area contributed by atoms with E-state index in [1.165, 1.54) is 19.5 Å². The zero-order chi connectivity index (χ0) is 13.4. The normalized spacial score (nSPS) is 11.7. The number of pyridine rings is 1. The van der Waals surface area contributed by atoms with Crippen LogP contribution in [0.4, 0.5) is 0 Å². The Morgan fingerprint density at radius 3 is 2.61 bits per heavy atom. The average molecular weight is 250 g/mol. The minimum atomic E-state index is -0.587. The van der Waals surface area contributed by atoms with Crippen molar-refractivity contribution in [1.29, 1.82) is 0 Å². The molecule has 0 spiro atoms. The van der Waals surface area contributed by atoms with Gasteiger partial charge in [-0.2, -0.15) is 0 Å². The van der Waals surface area contributed by atoms with Crippen molar-refractivity contribution in [2.24, 2.45) is 0 Å². The van der Waals surface area contributed by atoms with Crippen molar-refractivity contribution >= 4 is 11.9 Å². The third-order valence-corrected chi connectivity index (χ3v) is 2.58. The van der Waals surface area contributed by atoms with E-state index in [4.69, 9.17) is 0 Å². The Morgan fingerprint density at radius 1 is 1.39 bits per heavy atom. The van der Waals surface area contributed by atoms with Gasteiger partial charge in [0.2, 0.25) is 0 Å². The highest BCUT2D eigenvalue weighted by molar-refractivity contribution is 5.96. The topological polar surface area (TPSA) is 68.3 Å². The number of esters is 1. The first-order valence-electron chi connectivity index (χ1n) is 5.97. The van der Waals surface area contributed by atoms with E-state index in [0.29, 0.717) is 12.0 Å². The molecular formula is C13H18N2O3. The molecule has 0 fully saturated rings. The zero-order valence-electron chi connectivity index (χ0n) is 10.7. The van der Waals surface area contributed by atoms with Gasteiger partial charge in [0, 0.05) is 18.0 Å². The fourth-order valence-corrected chi connectivity index (χ4v) is 1.54. The minimum absolute atomic E-state index is 0.288. The lowest BCUT2D eigenvalue weighted by Gasteiger charge is -2.16. The number of methoxy groups -OCH3 is 1. The van der Waals surface area contributed by atoms with Crippen molar-refractivity contribution in [3.8, 4) is 0 Å². The molecule has 0 aliphatic rings. The highest BCUT2D eigenvalue weighted by Crippen LogP contribution is 2.04. The number of hydrogen-bond acceptors (Lipinski definition) is 4. The Labute approximate surface area is 107 Å². The van der Waals surface area contributed by atoms with E-state index in [-0.39, 0.29) is 5.91 Å². The molecule has 1 amide bonds. The molecule has 5 nitrogen and oxygen atoms in total. The summed E-state index contributed by atoms with van der Waals surface area (Å²) in [5.41, 5.74) is 0.482. The second kappa shape index (κ2) is 7.42. The van der Waals surface area contributed by atoms with Gasteiger partial charge in [-0.3, -0.25) is 9.78 Å². The largest absolute Gasteiger partial charge is 0.467 e. The van der Waals surface area contributed by atoms with Crippen molar-refractivity contribution in [2.75, 3.05) is 7.11 Å². The lowest BCUT2D eigenvalue weighted by atomic mass is 10.1. The molecule has 1 rings (SSSR count). The lowest BCUT2D eigenvalue weighted by Crippen LogP contribution is -2.41. The lowest BCUT2D eigenvalue weighted by molar-refractivity contribution is -0.143. The number of nitrogens with zero attached hydrogens (tertiary/aromatic N) is 1. The molecule has 1 aromatic heterocycles. The van der Waals surface area contributed by atoms with Crippen LogP contribution in [-0.4, -0.2) is 30.0 Å². The van der Waals surface area contributed by atoms with Crippen LogP contribution in [0.1, 0.15) is 36.5 Å². The number of unbranched alkanes of at least 4 members (excludes halogenated alkanes) is 1. The van der Waals surface area contributed by atoms with Gasteiger partial charge >= 0.3 is 5.97 Å². The van der Waals surface area contributed by atoms with Crippen molar-refractivity contribution in [3.63, 3.8) is 0 Å². The smallest absolute Gasteiger partial charge is 0.328 e. The first-order valence-corrected chi connectivity index (χ1v) is 5.97. The predicted molar refractivity (Wildman–Crippen MR) is 67.0 cm³/mol. The summed E-state index contributed by atoms with van der Waals surface area (Å²) >= 11 is 0. The number of ether oxygens (including phenoxy) is 1. The maximum Gasteiger partial charge on any atom is 0.328 e. The van der Waals surface area contributed by atoms with E-state index in [1.54, 1.807) is 12.1 Å². The zero-order valence-corrected chi connectivity index (χ0v) is 10.7. The minimum Gasteiger partial charge on any atom is -0.467 e. The Morgan fingerprint density at radius 2 is 2.06 bits per heavy atom. The van der Waals surface area contributed by atoms with Gasteiger partial charge < -0.3 is 10.1 Å². The van der Waals surface area contributed by atoms with Crippen LogP contribution in [-0.2, 0) is 9.53 Å². The number of nitrogens with one attached hydrogen (secondary N) is 1. The summed E-state index contributed by atoms with van der Waals surface area (Å²) in [4.78, 5) is 27.3. The molecule has 1 N–H and O–H groups in total. The van der Waals surface area contributed by atoms with Gasteiger partial charge in [0.05, 0.1) is 7.11 Å². The molecule has 0 aliphatic heterocycles. The average Bonchev–Trinajstić information content (AvgIpc) is 2.43. The van der Waals surface area contributed by atoms with E-state index >= 15 is 0 Å². The molecule has 0 bridgehead atoms. The molecule has 0 saturated carbocycles. The van der Waals surface area contributed by atoms with Crippen LogP contribution in [0.25, 0.3) is 0 Å². The van der Waals surface area contributed by atoms with Crippen LogP contribution in [0.3, 0.4) is 0 Å². The number of amides is 1. The predicted octanol–water partition coefficient (Wildman–Crippen LogP) is 1.54. The van der Waals surface area contributed by atoms with E-state index in [0.717, 1.165) is 12.8 Å². The Balaban J connectivity index is 2.65. The summed E-state index contributed by atoms with van der Waals surface area (Å²) in [6.45, 7) is 2.03. The molecule has 0 saturated heterocycles. The van der Waals surface area contributed by atoms with Gasteiger partial charge in [-0.15, -0.1) is 0 Å². The molecule has 18 heavy (non-hydrogen) atoms. The van der Waals surface area contributed by atoms with Gasteiger partial charge in [-0.25, -0.2) is 4.79 Å². The summed E-state index contributed by atoms with van der Waals surface area (Å²) < 4.78 is 4.68. The van der Waals surface area contributed by atoms with E-state index in [2.05, 4.69) is 15.0 Å². The third kappa shape index (κ3) is 4.16.